The van der Waals surface area contributed by atoms with Crippen LogP contribution in [0.1, 0.15) is 0 Å². The third-order valence-corrected chi connectivity index (χ3v) is 5.26. The Bertz CT molecular complexity index is 1190. The number of anilines is 1. The third-order valence-electron chi connectivity index (χ3n) is 3.91. The van der Waals surface area contributed by atoms with Gasteiger partial charge in [0, 0.05) is 25.7 Å². The van der Waals surface area contributed by atoms with Crippen molar-refractivity contribution < 1.29 is 8.42 Å². The second-order valence-corrected chi connectivity index (χ2v) is 7.40. The Morgan fingerprint density at radius 2 is 1.81 bits per heavy atom. The SMILES string of the molecule is Cn1ncc(-c2ccc(S(=O)(=O)Nc3cccc4cnn(C)c34)cn2)n1. The van der Waals surface area contributed by atoms with Gasteiger partial charge in [-0.3, -0.25) is 14.4 Å². The predicted molar refractivity (Wildman–Crippen MR) is 95.8 cm³/mol. The Hall–Kier alpha value is -3.27. The van der Waals surface area contributed by atoms with Crippen LogP contribution in [-0.4, -0.2) is 38.2 Å². The molecule has 0 aliphatic rings. The summed E-state index contributed by atoms with van der Waals surface area (Å²) >= 11 is 0. The minimum absolute atomic E-state index is 0.0595. The molecule has 0 radical (unpaired) electrons. The molecule has 0 amide bonds. The molecule has 0 fully saturated rings. The Morgan fingerprint density at radius 1 is 0.962 bits per heavy atom. The van der Waals surface area contributed by atoms with Gasteiger partial charge >= 0.3 is 0 Å². The molecule has 0 unspecified atom stereocenters. The van der Waals surface area contributed by atoms with Crippen molar-refractivity contribution in [2.24, 2.45) is 14.1 Å². The number of benzene rings is 1. The first-order valence-corrected chi connectivity index (χ1v) is 9.19. The van der Waals surface area contributed by atoms with E-state index in [0.29, 0.717) is 22.6 Å². The second-order valence-electron chi connectivity index (χ2n) is 5.72. The molecule has 0 bridgehead atoms. The fraction of sp³-hybridized carbons (Fsp3) is 0.125. The minimum atomic E-state index is -3.79. The van der Waals surface area contributed by atoms with Crippen LogP contribution in [0.15, 0.2) is 53.8 Å². The van der Waals surface area contributed by atoms with Crippen LogP contribution in [0.5, 0.6) is 0 Å². The van der Waals surface area contributed by atoms with Crippen LogP contribution in [0.3, 0.4) is 0 Å². The van der Waals surface area contributed by atoms with Crippen LogP contribution >= 0.6 is 0 Å². The first-order valence-electron chi connectivity index (χ1n) is 7.70. The zero-order valence-corrected chi connectivity index (χ0v) is 14.8. The maximum Gasteiger partial charge on any atom is 0.263 e. The summed E-state index contributed by atoms with van der Waals surface area (Å²) in [7, 11) is -0.327. The largest absolute Gasteiger partial charge is 0.277 e. The van der Waals surface area contributed by atoms with E-state index in [2.05, 4.69) is 25.0 Å². The fourth-order valence-corrected chi connectivity index (χ4v) is 3.68. The van der Waals surface area contributed by atoms with Gasteiger partial charge in [-0.15, -0.1) is 0 Å². The molecule has 4 aromatic rings. The average Bonchev–Trinajstić information content (AvgIpc) is 3.22. The van der Waals surface area contributed by atoms with E-state index >= 15 is 0 Å². The molecule has 1 aromatic carbocycles. The minimum Gasteiger partial charge on any atom is -0.277 e. The Kier molecular flexibility index (Phi) is 3.69. The number of aromatic nitrogens is 6. The highest BCUT2D eigenvalue weighted by Gasteiger charge is 2.18. The zero-order valence-electron chi connectivity index (χ0n) is 14.0. The van der Waals surface area contributed by atoms with E-state index in [1.807, 2.05) is 6.07 Å². The summed E-state index contributed by atoms with van der Waals surface area (Å²) in [6.07, 6.45) is 4.55. The number of fused-ring (bicyclic) bond motifs is 1. The van der Waals surface area contributed by atoms with Gasteiger partial charge in [0.15, 0.2) is 0 Å². The summed E-state index contributed by atoms with van der Waals surface area (Å²) in [4.78, 5) is 5.66. The standard InChI is InChI=1S/C16H15N7O2S/c1-22-16-11(8-18-22)4-3-5-14(16)21-26(24,25)12-6-7-13(17-9-12)15-10-19-23(2)20-15/h3-10,21H,1-2H3. The number of nitrogens with zero attached hydrogens (tertiary/aromatic N) is 6. The van der Waals surface area contributed by atoms with Gasteiger partial charge in [0.25, 0.3) is 10.0 Å². The first-order chi connectivity index (χ1) is 12.4. The van der Waals surface area contributed by atoms with Crippen LogP contribution < -0.4 is 4.72 Å². The van der Waals surface area contributed by atoms with E-state index < -0.39 is 10.0 Å². The smallest absolute Gasteiger partial charge is 0.263 e. The van der Waals surface area contributed by atoms with Crippen molar-refractivity contribution in [1.82, 2.24) is 29.8 Å². The van der Waals surface area contributed by atoms with Crippen molar-refractivity contribution in [1.29, 1.82) is 0 Å². The fourth-order valence-electron chi connectivity index (χ4n) is 2.67. The van der Waals surface area contributed by atoms with Gasteiger partial charge in [-0.05, 0) is 18.2 Å². The molecule has 0 aliphatic carbocycles. The summed E-state index contributed by atoms with van der Waals surface area (Å²) < 4.78 is 29.7. The van der Waals surface area contributed by atoms with Crippen molar-refractivity contribution in [3.63, 3.8) is 0 Å². The summed E-state index contributed by atoms with van der Waals surface area (Å²) in [5, 5.41) is 13.1. The van der Waals surface area contributed by atoms with E-state index in [-0.39, 0.29) is 4.90 Å². The molecule has 0 atom stereocenters. The van der Waals surface area contributed by atoms with Crippen LogP contribution in [0.25, 0.3) is 22.3 Å². The van der Waals surface area contributed by atoms with Crippen LogP contribution in [0.4, 0.5) is 5.69 Å². The van der Waals surface area contributed by atoms with Gasteiger partial charge < -0.3 is 0 Å². The van der Waals surface area contributed by atoms with Crippen molar-refractivity contribution in [3.05, 3.63) is 48.9 Å². The van der Waals surface area contributed by atoms with Crippen LogP contribution in [0, 0.1) is 0 Å². The lowest BCUT2D eigenvalue weighted by Gasteiger charge is -2.10. The summed E-state index contributed by atoms with van der Waals surface area (Å²) in [5.74, 6) is 0. The number of para-hydroxylation sites is 1. The number of sulfonamides is 1. The molecule has 3 heterocycles. The maximum atomic E-state index is 12.7. The van der Waals surface area contributed by atoms with Crippen LogP contribution in [-0.2, 0) is 24.1 Å². The van der Waals surface area contributed by atoms with Gasteiger partial charge in [0.05, 0.1) is 29.3 Å². The van der Waals surface area contributed by atoms with Crippen molar-refractivity contribution in [2.75, 3.05) is 4.72 Å². The summed E-state index contributed by atoms with van der Waals surface area (Å²) in [5.41, 5.74) is 2.29. The molecule has 1 N–H and O–H groups in total. The molecular formula is C16H15N7O2S. The maximum absolute atomic E-state index is 12.7. The monoisotopic (exact) mass is 369 g/mol. The predicted octanol–water partition coefficient (Wildman–Crippen LogP) is 1.56. The molecule has 0 aliphatic heterocycles. The Balaban J connectivity index is 1.67. The molecule has 3 aromatic heterocycles. The Labute approximate surface area is 149 Å². The van der Waals surface area contributed by atoms with E-state index in [1.54, 1.807) is 49.4 Å². The lowest BCUT2D eigenvalue weighted by atomic mass is 10.2. The topological polar surface area (TPSA) is 108 Å². The zero-order chi connectivity index (χ0) is 18.3. The van der Waals surface area contributed by atoms with E-state index in [0.717, 1.165) is 5.39 Å². The lowest BCUT2D eigenvalue weighted by Crippen LogP contribution is -2.14. The van der Waals surface area contributed by atoms with Crippen molar-refractivity contribution in [3.8, 4) is 11.4 Å². The quantitative estimate of drug-likeness (QED) is 0.585. The van der Waals surface area contributed by atoms with Gasteiger partial charge in [-0.2, -0.15) is 20.1 Å². The van der Waals surface area contributed by atoms with Crippen molar-refractivity contribution in [2.45, 2.75) is 4.90 Å². The number of aryl methyl sites for hydroxylation is 2. The third kappa shape index (κ3) is 2.80. The highest BCUT2D eigenvalue weighted by molar-refractivity contribution is 7.92. The van der Waals surface area contributed by atoms with Crippen molar-refractivity contribution >= 4 is 26.6 Å². The Morgan fingerprint density at radius 3 is 2.50 bits per heavy atom. The van der Waals surface area contributed by atoms with Gasteiger partial charge in [-0.25, -0.2) is 8.42 Å². The molecule has 4 rings (SSSR count). The second kappa shape index (κ2) is 5.92. The van der Waals surface area contributed by atoms with E-state index in [1.165, 1.54) is 17.1 Å². The molecule has 0 spiro atoms. The molecule has 26 heavy (non-hydrogen) atoms. The average molecular weight is 369 g/mol. The number of pyridine rings is 1. The van der Waals surface area contributed by atoms with E-state index in [4.69, 9.17) is 0 Å². The van der Waals surface area contributed by atoms with Crippen LogP contribution in [0.2, 0.25) is 0 Å². The number of hydrogen-bond donors (Lipinski definition) is 1. The van der Waals surface area contributed by atoms with E-state index in [9.17, 15) is 8.42 Å². The molecular weight excluding hydrogens is 354 g/mol. The molecule has 9 nitrogen and oxygen atoms in total. The first kappa shape index (κ1) is 16.2. The number of nitrogens with one attached hydrogen (secondary N) is 1. The molecule has 10 heteroatoms. The highest BCUT2D eigenvalue weighted by atomic mass is 32.2. The van der Waals surface area contributed by atoms with Gasteiger partial charge in [0.1, 0.15) is 10.6 Å². The highest BCUT2D eigenvalue weighted by Crippen LogP contribution is 2.25. The molecule has 132 valence electrons. The normalized spacial score (nSPS) is 11.8. The molecule has 0 saturated heterocycles. The molecule has 0 saturated carbocycles. The number of hydrogen-bond acceptors (Lipinski definition) is 6. The lowest BCUT2D eigenvalue weighted by molar-refractivity contribution is 0.601. The van der Waals surface area contributed by atoms with Gasteiger partial charge in [0.2, 0.25) is 0 Å². The number of rotatable bonds is 4. The summed E-state index contributed by atoms with van der Waals surface area (Å²) in [6.45, 7) is 0. The van der Waals surface area contributed by atoms with Gasteiger partial charge in [-0.1, -0.05) is 12.1 Å². The summed E-state index contributed by atoms with van der Waals surface area (Å²) in [6, 6.07) is 8.43.